The van der Waals surface area contributed by atoms with Crippen LogP contribution in [0.4, 0.5) is 0 Å². The number of aromatic amines is 1. The highest BCUT2D eigenvalue weighted by atomic mass is 79.9. The number of rotatable bonds is 4. The molecule has 0 unspecified atom stereocenters. The Bertz CT molecular complexity index is 876. The third-order valence-electron chi connectivity index (χ3n) is 3.37. The number of benzene rings is 2. The molecule has 0 saturated heterocycles. The highest BCUT2D eigenvalue weighted by Crippen LogP contribution is 2.32. The maximum Gasteiger partial charge on any atom is 0.265 e. The number of carbonyl (C=O) groups excluding carboxylic acids is 1. The van der Waals surface area contributed by atoms with Crippen LogP contribution in [0.2, 0.25) is 0 Å². The van der Waals surface area contributed by atoms with E-state index in [0.717, 1.165) is 26.8 Å². The number of H-pyrrole nitrogens is 1. The molecule has 4 N–H and O–H groups in total. The van der Waals surface area contributed by atoms with Crippen molar-refractivity contribution in [3.8, 4) is 17.1 Å². The van der Waals surface area contributed by atoms with Crippen molar-refractivity contribution in [2.75, 3.05) is 6.61 Å². The van der Waals surface area contributed by atoms with Gasteiger partial charge >= 0.3 is 0 Å². The smallest absolute Gasteiger partial charge is 0.265 e. The molecule has 0 aliphatic carbocycles. The first-order chi connectivity index (χ1) is 11.1. The van der Waals surface area contributed by atoms with E-state index >= 15 is 0 Å². The number of hydrogen-bond donors (Lipinski definition) is 3. The first-order valence-electron chi connectivity index (χ1n) is 7.05. The lowest BCUT2D eigenvalue weighted by molar-refractivity contribution is 0.0954. The molecule has 118 valence electrons. The minimum atomic E-state index is -0.347. The number of fused-ring (bicyclic) bond motifs is 1. The maximum atomic E-state index is 11.6. The molecule has 0 aliphatic rings. The van der Waals surface area contributed by atoms with Crippen LogP contribution in [0.25, 0.3) is 22.4 Å². The summed E-state index contributed by atoms with van der Waals surface area (Å²) in [6.07, 6.45) is 0. The minimum absolute atomic E-state index is 0.347. The third kappa shape index (κ3) is 3.06. The van der Waals surface area contributed by atoms with Crippen LogP contribution in [0.3, 0.4) is 0 Å². The fourth-order valence-corrected chi connectivity index (χ4v) is 2.69. The van der Waals surface area contributed by atoms with Crippen LogP contribution in [0.1, 0.15) is 17.3 Å². The number of nitrogen functional groups attached to an aromatic ring is 1. The van der Waals surface area contributed by atoms with Crippen LogP contribution in [0.5, 0.6) is 5.75 Å². The molecule has 1 amide bonds. The monoisotopic (exact) mass is 374 g/mol. The maximum absolute atomic E-state index is 11.6. The summed E-state index contributed by atoms with van der Waals surface area (Å²) in [6, 6.07) is 10.9. The van der Waals surface area contributed by atoms with Crippen molar-refractivity contribution in [3.05, 3.63) is 46.4 Å². The molecule has 1 aromatic heterocycles. The normalized spacial score (nSPS) is 10.7. The van der Waals surface area contributed by atoms with Gasteiger partial charge < -0.3 is 9.72 Å². The molecule has 0 fully saturated rings. The number of aromatic nitrogens is 2. The van der Waals surface area contributed by atoms with E-state index in [0.29, 0.717) is 18.0 Å². The predicted octanol–water partition coefficient (Wildman–Crippen LogP) is 2.99. The Labute approximate surface area is 141 Å². The van der Waals surface area contributed by atoms with Gasteiger partial charge in [-0.25, -0.2) is 10.8 Å². The summed E-state index contributed by atoms with van der Waals surface area (Å²) in [5, 5.41) is 0. The van der Waals surface area contributed by atoms with Crippen molar-refractivity contribution in [1.29, 1.82) is 0 Å². The number of hydrogen-bond acceptors (Lipinski definition) is 4. The second-order valence-electron chi connectivity index (χ2n) is 4.86. The molecule has 0 saturated carbocycles. The molecule has 3 aromatic rings. The van der Waals surface area contributed by atoms with Gasteiger partial charge in [0.1, 0.15) is 11.6 Å². The van der Waals surface area contributed by atoms with E-state index in [1.54, 1.807) is 18.2 Å². The molecule has 7 heteroatoms. The fraction of sp³-hybridized carbons (Fsp3) is 0.125. The van der Waals surface area contributed by atoms with E-state index in [2.05, 4.69) is 31.3 Å². The molecular formula is C16H15BrN4O2. The van der Waals surface area contributed by atoms with Gasteiger partial charge in [0.25, 0.3) is 5.91 Å². The van der Waals surface area contributed by atoms with Crippen molar-refractivity contribution >= 4 is 32.9 Å². The van der Waals surface area contributed by atoms with Gasteiger partial charge in [-0.1, -0.05) is 15.9 Å². The molecule has 0 spiro atoms. The summed E-state index contributed by atoms with van der Waals surface area (Å²) in [6.45, 7) is 2.50. The number of nitrogens with one attached hydrogen (secondary N) is 2. The van der Waals surface area contributed by atoms with Gasteiger partial charge in [-0.3, -0.25) is 10.2 Å². The largest absolute Gasteiger partial charge is 0.493 e. The number of carbonyl (C=O) groups is 1. The van der Waals surface area contributed by atoms with Crippen LogP contribution >= 0.6 is 15.9 Å². The van der Waals surface area contributed by atoms with Gasteiger partial charge in [0, 0.05) is 10.0 Å². The SMILES string of the molecule is CCOc1ccc(Br)cc1-c1nc2ccc(C(=O)NN)cc2[nH]1. The van der Waals surface area contributed by atoms with Gasteiger partial charge in [-0.05, 0) is 43.3 Å². The van der Waals surface area contributed by atoms with Crippen LogP contribution in [-0.4, -0.2) is 22.5 Å². The lowest BCUT2D eigenvalue weighted by Gasteiger charge is -2.08. The Morgan fingerprint density at radius 1 is 1.35 bits per heavy atom. The summed E-state index contributed by atoms with van der Waals surface area (Å²) in [5.74, 6) is 6.24. The van der Waals surface area contributed by atoms with Crippen molar-refractivity contribution in [3.63, 3.8) is 0 Å². The summed E-state index contributed by atoms with van der Waals surface area (Å²) in [4.78, 5) is 19.4. The molecule has 0 aliphatic heterocycles. The van der Waals surface area contributed by atoms with Crippen molar-refractivity contribution in [2.24, 2.45) is 5.84 Å². The zero-order valence-corrected chi connectivity index (χ0v) is 14.0. The van der Waals surface area contributed by atoms with E-state index in [1.807, 2.05) is 25.1 Å². The topological polar surface area (TPSA) is 93.0 Å². The zero-order valence-electron chi connectivity index (χ0n) is 12.4. The van der Waals surface area contributed by atoms with Gasteiger partial charge in [-0.15, -0.1) is 0 Å². The molecule has 2 aromatic carbocycles. The molecule has 3 rings (SSSR count). The highest BCUT2D eigenvalue weighted by molar-refractivity contribution is 9.10. The van der Waals surface area contributed by atoms with Gasteiger partial charge in [0.15, 0.2) is 0 Å². The standard InChI is InChI=1S/C16H15BrN4O2/c1-2-23-14-6-4-10(17)8-11(14)15-19-12-5-3-9(16(22)21-18)7-13(12)20-15/h3-8H,2,18H2,1H3,(H,19,20)(H,21,22). The van der Waals surface area contributed by atoms with Gasteiger partial charge in [0.2, 0.25) is 0 Å². The van der Waals surface area contributed by atoms with Crippen molar-refractivity contribution in [1.82, 2.24) is 15.4 Å². The Kier molecular flexibility index (Phi) is 4.31. The number of nitrogens with zero attached hydrogens (tertiary/aromatic N) is 1. The van der Waals surface area contributed by atoms with E-state index in [9.17, 15) is 4.79 Å². The molecular weight excluding hydrogens is 360 g/mol. The fourth-order valence-electron chi connectivity index (χ4n) is 2.33. The quantitative estimate of drug-likeness (QED) is 0.371. The number of hydrazine groups is 1. The number of nitrogens with two attached hydrogens (primary N) is 1. The lowest BCUT2D eigenvalue weighted by atomic mass is 10.2. The van der Waals surface area contributed by atoms with Crippen molar-refractivity contribution < 1.29 is 9.53 Å². The second-order valence-corrected chi connectivity index (χ2v) is 5.78. The third-order valence-corrected chi connectivity index (χ3v) is 3.86. The summed E-state index contributed by atoms with van der Waals surface area (Å²) >= 11 is 3.46. The van der Waals surface area contributed by atoms with E-state index in [1.165, 1.54) is 0 Å². The Hall–Kier alpha value is -2.38. The predicted molar refractivity (Wildman–Crippen MR) is 92.1 cm³/mol. The molecule has 0 atom stereocenters. The summed E-state index contributed by atoms with van der Waals surface area (Å²) < 4.78 is 6.59. The van der Waals surface area contributed by atoms with Crippen LogP contribution < -0.4 is 16.0 Å². The Balaban J connectivity index is 2.10. The van der Waals surface area contributed by atoms with Gasteiger partial charge in [-0.2, -0.15) is 0 Å². The van der Waals surface area contributed by atoms with Gasteiger partial charge in [0.05, 0.1) is 23.2 Å². The lowest BCUT2D eigenvalue weighted by Crippen LogP contribution is -2.29. The van der Waals surface area contributed by atoms with E-state index in [-0.39, 0.29) is 5.91 Å². The summed E-state index contributed by atoms with van der Waals surface area (Å²) in [7, 11) is 0. The first kappa shape index (κ1) is 15.5. The second kappa shape index (κ2) is 6.39. The van der Waals surface area contributed by atoms with E-state index in [4.69, 9.17) is 10.6 Å². The number of amides is 1. The number of imidazole rings is 1. The first-order valence-corrected chi connectivity index (χ1v) is 7.85. The van der Waals surface area contributed by atoms with E-state index < -0.39 is 0 Å². The highest BCUT2D eigenvalue weighted by Gasteiger charge is 2.13. The molecule has 6 nitrogen and oxygen atoms in total. The zero-order chi connectivity index (χ0) is 16.4. The molecule has 0 bridgehead atoms. The Morgan fingerprint density at radius 2 is 2.17 bits per heavy atom. The van der Waals surface area contributed by atoms with Crippen LogP contribution in [-0.2, 0) is 0 Å². The number of ether oxygens (including phenoxy) is 1. The summed E-state index contributed by atoms with van der Waals surface area (Å²) in [5.41, 5.74) is 4.95. The van der Waals surface area contributed by atoms with Crippen molar-refractivity contribution in [2.45, 2.75) is 6.92 Å². The average Bonchev–Trinajstić information content (AvgIpc) is 2.98. The minimum Gasteiger partial charge on any atom is -0.493 e. The van der Waals surface area contributed by atoms with Crippen LogP contribution in [0.15, 0.2) is 40.9 Å². The molecule has 1 heterocycles. The molecule has 23 heavy (non-hydrogen) atoms. The number of halogens is 1. The average molecular weight is 375 g/mol. The Morgan fingerprint density at radius 3 is 2.91 bits per heavy atom. The van der Waals surface area contributed by atoms with Crippen LogP contribution in [0, 0.1) is 0 Å². The molecule has 0 radical (unpaired) electrons.